The molecule has 0 amide bonds. The molecule has 0 radical (unpaired) electrons. The van der Waals surface area contributed by atoms with Crippen LogP contribution in [0.1, 0.15) is 5.56 Å². The molecule has 0 fully saturated rings. The molecule has 0 bridgehead atoms. The van der Waals surface area contributed by atoms with E-state index in [-0.39, 0.29) is 0 Å². The van der Waals surface area contributed by atoms with E-state index in [1.165, 1.54) is 0 Å². The molecule has 0 spiro atoms. The predicted molar refractivity (Wildman–Crippen MR) is 108 cm³/mol. The molecular formula is C21H24N4O3. The Labute approximate surface area is 164 Å². The first-order valence-corrected chi connectivity index (χ1v) is 8.90. The fourth-order valence-corrected chi connectivity index (χ4v) is 2.58. The lowest BCUT2D eigenvalue weighted by atomic mass is 10.2. The number of imidazole rings is 1. The minimum Gasteiger partial charge on any atom is -0.497 e. The highest BCUT2D eigenvalue weighted by atomic mass is 16.5. The molecular weight excluding hydrogens is 356 g/mol. The van der Waals surface area contributed by atoms with E-state index in [9.17, 15) is 0 Å². The second kappa shape index (κ2) is 9.45. The maximum atomic E-state index is 5.98. The molecule has 0 unspecified atom stereocenters. The second-order valence-electron chi connectivity index (χ2n) is 6.11. The van der Waals surface area contributed by atoms with Crippen molar-refractivity contribution in [3.05, 3.63) is 72.8 Å². The third-order valence-electron chi connectivity index (χ3n) is 3.84. The Hall–Kier alpha value is -3.48. The number of hydrazone groups is 1. The molecule has 7 nitrogen and oxygen atoms in total. The summed E-state index contributed by atoms with van der Waals surface area (Å²) in [4.78, 5) is 4.12. The number of ether oxygens (including phenoxy) is 3. The van der Waals surface area contributed by atoms with Crippen LogP contribution < -0.4 is 14.2 Å². The van der Waals surface area contributed by atoms with Crippen LogP contribution in [-0.2, 0) is 0 Å². The lowest BCUT2D eigenvalue weighted by Crippen LogP contribution is -2.19. The van der Waals surface area contributed by atoms with Crippen LogP contribution in [0.4, 0.5) is 0 Å². The third-order valence-corrected chi connectivity index (χ3v) is 3.84. The van der Waals surface area contributed by atoms with Gasteiger partial charge in [-0.25, -0.2) is 4.98 Å². The smallest absolute Gasteiger partial charge is 0.168 e. The largest absolute Gasteiger partial charge is 0.497 e. The SMILES string of the molecule is COc1ccc(OCCOc2ccccc2/C(=N/N(C)C)n2ccnc2)cc1. The number of methoxy groups -OCH3 is 1. The Balaban J connectivity index is 1.67. The van der Waals surface area contributed by atoms with E-state index in [0.29, 0.717) is 13.2 Å². The zero-order valence-electron chi connectivity index (χ0n) is 16.3. The number of para-hydroxylation sites is 1. The van der Waals surface area contributed by atoms with Gasteiger partial charge in [-0.1, -0.05) is 12.1 Å². The molecule has 0 N–H and O–H groups in total. The molecule has 0 aliphatic rings. The molecule has 7 heteroatoms. The monoisotopic (exact) mass is 380 g/mol. The van der Waals surface area contributed by atoms with Gasteiger partial charge in [0.05, 0.1) is 12.7 Å². The Kier molecular flexibility index (Phi) is 6.51. The highest BCUT2D eigenvalue weighted by Gasteiger charge is 2.13. The lowest BCUT2D eigenvalue weighted by Gasteiger charge is -2.16. The van der Waals surface area contributed by atoms with Gasteiger partial charge in [0.2, 0.25) is 0 Å². The summed E-state index contributed by atoms with van der Waals surface area (Å²) in [6.45, 7) is 0.827. The third kappa shape index (κ3) is 5.03. The van der Waals surface area contributed by atoms with Crippen LogP contribution in [0.25, 0.3) is 0 Å². The van der Waals surface area contributed by atoms with Crippen LogP contribution in [0, 0.1) is 0 Å². The summed E-state index contributed by atoms with van der Waals surface area (Å²) < 4.78 is 18.7. The minimum absolute atomic E-state index is 0.405. The average molecular weight is 380 g/mol. The van der Waals surface area contributed by atoms with E-state index in [1.807, 2.05) is 73.4 Å². The summed E-state index contributed by atoms with van der Waals surface area (Å²) in [6.07, 6.45) is 5.29. The second-order valence-corrected chi connectivity index (χ2v) is 6.11. The summed E-state index contributed by atoms with van der Waals surface area (Å²) in [5.74, 6) is 3.03. The number of hydrogen-bond donors (Lipinski definition) is 0. The van der Waals surface area contributed by atoms with Crippen molar-refractivity contribution in [3.63, 3.8) is 0 Å². The van der Waals surface area contributed by atoms with Crippen LogP contribution >= 0.6 is 0 Å². The molecule has 0 aliphatic carbocycles. The standard InChI is InChI=1S/C21H24N4O3/c1-24(2)23-21(25-13-12-22-16-25)19-6-4-5-7-20(19)28-15-14-27-18-10-8-17(26-3)9-11-18/h4-13,16H,14-15H2,1-3H3/b23-21-. The summed E-state index contributed by atoms with van der Waals surface area (Å²) in [5.41, 5.74) is 0.874. The number of rotatable bonds is 8. The van der Waals surface area contributed by atoms with Crippen molar-refractivity contribution < 1.29 is 14.2 Å². The van der Waals surface area contributed by atoms with Gasteiger partial charge in [0, 0.05) is 26.5 Å². The van der Waals surface area contributed by atoms with E-state index >= 15 is 0 Å². The van der Waals surface area contributed by atoms with Crippen molar-refractivity contribution in [2.75, 3.05) is 34.4 Å². The number of nitrogens with zero attached hydrogens (tertiary/aromatic N) is 4. The van der Waals surface area contributed by atoms with Gasteiger partial charge in [-0.15, -0.1) is 0 Å². The van der Waals surface area contributed by atoms with Crippen LogP contribution in [0.5, 0.6) is 17.2 Å². The van der Waals surface area contributed by atoms with E-state index < -0.39 is 0 Å². The molecule has 28 heavy (non-hydrogen) atoms. The molecule has 0 saturated carbocycles. The summed E-state index contributed by atoms with van der Waals surface area (Å²) in [5, 5.41) is 6.34. The Morgan fingerprint density at radius 3 is 2.39 bits per heavy atom. The number of hydrogen-bond acceptors (Lipinski definition) is 6. The van der Waals surface area contributed by atoms with Gasteiger partial charge in [0.15, 0.2) is 5.84 Å². The van der Waals surface area contributed by atoms with Gasteiger partial charge >= 0.3 is 0 Å². The Morgan fingerprint density at radius 1 is 1.00 bits per heavy atom. The average Bonchev–Trinajstić information content (AvgIpc) is 3.25. The number of aromatic nitrogens is 2. The summed E-state index contributed by atoms with van der Waals surface area (Å²) >= 11 is 0. The molecule has 146 valence electrons. The first-order chi connectivity index (χ1) is 13.7. The maximum Gasteiger partial charge on any atom is 0.168 e. The zero-order valence-corrected chi connectivity index (χ0v) is 16.3. The molecule has 1 heterocycles. The van der Waals surface area contributed by atoms with E-state index in [1.54, 1.807) is 24.6 Å². The quantitative estimate of drug-likeness (QED) is 0.260. The minimum atomic E-state index is 0.405. The zero-order chi connectivity index (χ0) is 19.8. The molecule has 3 aromatic rings. The van der Waals surface area contributed by atoms with Crippen LogP contribution in [0.2, 0.25) is 0 Å². The Bertz CT molecular complexity index is 890. The van der Waals surface area contributed by atoms with Gasteiger partial charge < -0.3 is 19.2 Å². The van der Waals surface area contributed by atoms with Crippen molar-refractivity contribution in [3.8, 4) is 17.2 Å². The first-order valence-electron chi connectivity index (χ1n) is 8.90. The molecule has 0 aliphatic heterocycles. The summed E-state index contributed by atoms with van der Waals surface area (Å²) in [6, 6.07) is 15.2. The molecule has 2 aromatic carbocycles. The van der Waals surface area contributed by atoms with E-state index in [0.717, 1.165) is 28.6 Å². The predicted octanol–water partition coefficient (Wildman–Crippen LogP) is 3.12. The van der Waals surface area contributed by atoms with Crippen LogP contribution in [0.3, 0.4) is 0 Å². The molecule has 0 saturated heterocycles. The fourth-order valence-electron chi connectivity index (χ4n) is 2.58. The van der Waals surface area contributed by atoms with Crippen molar-refractivity contribution in [1.82, 2.24) is 14.6 Å². The van der Waals surface area contributed by atoms with Gasteiger partial charge in [0.1, 0.15) is 36.8 Å². The van der Waals surface area contributed by atoms with Crippen LogP contribution in [-0.4, -0.2) is 54.8 Å². The highest BCUT2D eigenvalue weighted by Crippen LogP contribution is 2.21. The summed E-state index contributed by atoms with van der Waals surface area (Å²) in [7, 11) is 5.39. The molecule has 3 rings (SSSR count). The van der Waals surface area contributed by atoms with Crippen molar-refractivity contribution in [2.24, 2.45) is 5.10 Å². The van der Waals surface area contributed by atoms with Gasteiger partial charge in [0.25, 0.3) is 0 Å². The van der Waals surface area contributed by atoms with Gasteiger partial charge in [-0.05, 0) is 36.4 Å². The van der Waals surface area contributed by atoms with Gasteiger partial charge in [-0.3, -0.25) is 4.57 Å². The van der Waals surface area contributed by atoms with E-state index in [2.05, 4.69) is 10.1 Å². The fraction of sp³-hybridized carbons (Fsp3) is 0.238. The van der Waals surface area contributed by atoms with Crippen molar-refractivity contribution in [2.45, 2.75) is 0 Å². The van der Waals surface area contributed by atoms with Crippen LogP contribution in [0.15, 0.2) is 72.4 Å². The van der Waals surface area contributed by atoms with Crippen molar-refractivity contribution in [1.29, 1.82) is 0 Å². The topological polar surface area (TPSA) is 61.1 Å². The van der Waals surface area contributed by atoms with Crippen molar-refractivity contribution >= 4 is 5.84 Å². The highest BCUT2D eigenvalue weighted by molar-refractivity contribution is 6.02. The first kappa shape index (κ1) is 19.3. The maximum absolute atomic E-state index is 5.98. The van der Waals surface area contributed by atoms with Gasteiger partial charge in [-0.2, -0.15) is 5.10 Å². The molecule has 1 aromatic heterocycles. The Morgan fingerprint density at radius 2 is 1.71 bits per heavy atom. The normalized spacial score (nSPS) is 11.2. The lowest BCUT2D eigenvalue weighted by molar-refractivity contribution is 0.216. The van der Waals surface area contributed by atoms with E-state index in [4.69, 9.17) is 14.2 Å². The molecule has 0 atom stereocenters. The number of benzene rings is 2.